The van der Waals surface area contributed by atoms with Crippen LogP contribution in [-0.2, 0) is 11.3 Å². The van der Waals surface area contributed by atoms with Crippen LogP contribution in [0.15, 0.2) is 12.1 Å². The number of ether oxygens (including phenoxy) is 4. The van der Waals surface area contributed by atoms with Gasteiger partial charge in [0.2, 0.25) is 5.75 Å². The second-order valence-corrected chi connectivity index (χ2v) is 4.41. The molecular weight excluding hydrogens is 258 g/mol. The molecule has 1 N–H and O–H groups in total. The first-order valence-corrected chi connectivity index (χ1v) is 6.75. The Morgan fingerprint density at radius 1 is 0.900 bits per heavy atom. The van der Waals surface area contributed by atoms with Crippen molar-refractivity contribution in [1.82, 2.24) is 5.32 Å². The molecule has 20 heavy (non-hydrogen) atoms. The van der Waals surface area contributed by atoms with E-state index >= 15 is 0 Å². The van der Waals surface area contributed by atoms with Gasteiger partial charge in [-0.05, 0) is 37.1 Å². The average Bonchev–Trinajstić information content (AvgIpc) is 2.49. The monoisotopic (exact) mass is 283 g/mol. The molecule has 0 aliphatic carbocycles. The van der Waals surface area contributed by atoms with Gasteiger partial charge in [-0.2, -0.15) is 0 Å². The minimum absolute atomic E-state index is 0.624. The van der Waals surface area contributed by atoms with Crippen molar-refractivity contribution in [2.45, 2.75) is 19.4 Å². The van der Waals surface area contributed by atoms with E-state index in [1.807, 2.05) is 12.1 Å². The molecule has 1 aromatic carbocycles. The topological polar surface area (TPSA) is 49.0 Å². The smallest absolute Gasteiger partial charge is 0.203 e. The summed E-state index contributed by atoms with van der Waals surface area (Å²) < 4.78 is 21.0. The van der Waals surface area contributed by atoms with E-state index in [1.165, 1.54) is 0 Å². The summed E-state index contributed by atoms with van der Waals surface area (Å²) in [4.78, 5) is 0. The summed E-state index contributed by atoms with van der Waals surface area (Å²) in [6.07, 6.45) is 2.16. The van der Waals surface area contributed by atoms with Gasteiger partial charge in [0, 0.05) is 20.3 Å². The average molecular weight is 283 g/mol. The van der Waals surface area contributed by atoms with Crippen LogP contribution in [0.1, 0.15) is 18.4 Å². The van der Waals surface area contributed by atoms with Crippen molar-refractivity contribution in [2.24, 2.45) is 0 Å². The Morgan fingerprint density at radius 3 is 2.05 bits per heavy atom. The van der Waals surface area contributed by atoms with Gasteiger partial charge in [0.05, 0.1) is 21.3 Å². The van der Waals surface area contributed by atoms with Gasteiger partial charge in [0.15, 0.2) is 11.5 Å². The molecule has 0 aliphatic heterocycles. The highest BCUT2D eigenvalue weighted by molar-refractivity contribution is 5.53. The quantitative estimate of drug-likeness (QED) is 0.667. The molecule has 0 radical (unpaired) electrons. The molecule has 1 aromatic rings. The molecular formula is C15H25NO4. The summed E-state index contributed by atoms with van der Waals surface area (Å²) in [5, 5.41) is 3.39. The van der Waals surface area contributed by atoms with Gasteiger partial charge in [-0.25, -0.2) is 0 Å². The van der Waals surface area contributed by atoms with E-state index in [0.29, 0.717) is 17.2 Å². The van der Waals surface area contributed by atoms with Crippen LogP contribution in [0, 0.1) is 0 Å². The van der Waals surface area contributed by atoms with E-state index in [2.05, 4.69) is 5.32 Å². The number of hydrogen-bond acceptors (Lipinski definition) is 5. The van der Waals surface area contributed by atoms with E-state index in [-0.39, 0.29) is 0 Å². The fraction of sp³-hybridized carbons (Fsp3) is 0.600. The van der Waals surface area contributed by atoms with Gasteiger partial charge in [-0.15, -0.1) is 0 Å². The first kappa shape index (κ1) is 16.6. The molecule has 0 atom stereocenters. The number of hydrogen-bond donors (Lipinski definition) is 1. The number of methoxy groups -OCH3 is 4. The van der Waals surface area contributed by atoms with E-state index in [9.17, 15) is 0 Å². The number of nitrogens with one attached hydrogen (secondary N) is 1. The van der Waals surface area contributed by atoms with Crippen molar-refractivity contribution in [2.75, 3.05) is 41.6 Å². The van der Waals surface area contributed by atoms with Crippen LogP contribution in [0.4, 0.5) is 0 Å². The Kier molecular flexibility index (Phi) is 7.84. The molecule has 1 rings (SSSR count). The van der Waals surface area contributed by atoms with Crippen LogP contribution in [0.3, 0.4) is 0 Å². The first-order valence-electron chi connectivity index (χ1n) is 6.75. The summed E-state index contributed by atoms with van der Waals surface area (Å²) in [6, 6.07) is 3.92. The zero-order valence-electron chi connectivity index (χ0n) is 12.8. The molecule has 5 heteroatoms. The van der Waals surface area contributed by atoms with Gasteiger partial charge in [0.1, 0.15) is 0 Å². The van der Waals surface area contributed by atoms with Crippen LogP contribution >= 0.6 is 0 Å². The Hall–Kier alpha value is -1.46. The lowest BCUT2D eigenvalue weighted by atomic mass is 10.1. The summed E-state index contributed by atoms with van der Waals surface area (Å²) in [5.74, 6) is 1.99. The maximum absolute atomic E-state index is 5.33. The van der Waals surface area contributed by atoms with Gasteiger partial charge in [-0.1, -0.05) is 0 Å². The number of benzene rings is 1. The van der Waals surface area contributed by atoms with Crippen LogP contribution in [0.25, 0.3) is 0 Å². The van der Waals surface area contributed by atoms with Crippen LogP contribution in [-0.4, -0.2) is 41.6 Å². The molecule has 0 heterocycles. The van der Waals surface area contributed by atoms with Crippen molar-refractivity contribution in [3.8, 4) is 17.2 Å². The van der Waals surface area contributed by atoms with E-state index < -0.39 is 0 Å². The van der Waals surface area contributed by atoms with Gasteiger partial charge < -0.3 is 24.3 Å². The van der Waals surface area contributed by atoms with Crippen LogP contribution in [0.5, 0.6) is 17.2 Å². The van der Waals surface area contributed by atoms with Crippen molar-refractivity contribution in [3.63, 3.8) is 0 Å². The summed E-state index contributed by atoms with van der Waals surface area (Å²) in [5.41, 5.74) is 1.10. The molecule has 0 fully saturated rings. The maximum Gasteiger partial charge on any atom is 0.203 e. The molecule has 114 valence electrons. The third-order valence-corrected chi connectivity index (χ3v) is 3.01. The van der Waals surface area contributed by atoms with Crippen LogP contribution in [0.2, 0.25) is 0 Å². The summed E-state index contributed by atoms with van der Waals surface area (Å²) in [7, 11) is 6.58. The molecule has 0 unspecified atom stereocenters. The van der Waals surface area contributed by atoms with Gasteiger partial charge in [-0.3, -0.25) is 0 Å². The lowest BCUT2D eigenvalue weighted by Gasteiger charge is -2.14. The number of rotatable bonds is 10. The zero-order valence-corrected chi connectivity index (χ0v) is 12.8. The minimum atomic E-state index is 0.624. The fourth-order valence-electron chi connectivity index (χ4n) is 1.97. The predicted octanol–water partition coefficient (Wildman–Crippen LogP) is 2.23. The summed E-state index contributed by atoms with van der Waals surface area (Å²) in [6.45, 7) is 2.54. The van der Waals surface area contributed by atoms with Crippen molar-refractivity contribution < 1.29 is 18.9 Å². The molecule has 0 aromatic heterocycles. The molecule has 0 bridgehead atoms. The zero-order chi connectivity index (χ0) is 14.8. The van der Waals surface area contributed by atoms with Crippen molar-refractivity contribution in [3.05, 3.63) is 17.7 Å². The molecule has 0 saturated carbocycles. The third-order valence-electron chi connectivity index (χ3n) is 3.01. The summed E-state index contributed by atoms with van der Waals surface area (Å²) >= 11 is 0. The minimum Gasteiger partial charge on any atom is -0.493 e. The Balaban J connectivity index is 2.57. The van der Waals surface area contributed by atoms with Crippen molar-refractivity contribution in [1.29, 1.82) is 0 Å². The Labute approximate surface area is 121 Å². The van der Waals surface area contributed by atoms with Gasteiger partial charge >= 0.3 is 0 Å². The maximum atomic E-state index is 5.33. The highest BCUT2D eigenvalue weighted by atomic mass is 16.5. The third kappa shape index (κ3) is 4.90. The molecule has 0 spiro atoms. The Morgan fingerprint density at radius 2 is 1.55 bits per heavy atom. The fourth-order valence-corrected chi connectivity index (χ4v) is 1.97. The van der Waals surface area contributed by atoms with Gasteiger partial charge in [0.25, 0.3) is 0 Å². The SMILES string of the molecule is COCCCCNCc1cc(OC)c(OC)c(OC)c1. The molecule has 0 amide bonds. The van der Waals surface area contributed by atoms with Crippen LogP contribution < -0.4 is 19.5 Å². The molecule has 0 aliphatic rings. The van der Waals surface area contributed by atoms with E-state index in [1.54, 1.807) is 28.4 Å². The molecule has 5 nitrogen and oxygen atoms in total. The second kappa shape index (κ2) is 9.44. The number of unbranched alkanes of at least 4 members (excludes halogenated alkanes) is 1. The Bertz CT molecular complexity index is 370. The standard InChI is InChI=1S/C15H25NO4/c1-17-8-6-5-7-16-11-12-9-13(18-2)15(20-4)14(10-12)19-3/h9-10,16H,5-8,11H2,1-4H3. The van der Waals surface area contributed by atoms with E-state index in [4.69, 9.17) is 18.9 Å². The lowest BCUT2D eigenvalue weighted by Crippen LogP contribution is -2.15. The van der Waals surface area contributed by atoms with E-state index in [0.717, 1.165) is 38.1 Å². The second-order valence-electron chi connectivity index (χ2n) is 4.41. The highest BCUT2D eigenvalue weighted by Crippen LogP contribution is 2.38. The highest BCUT2D eigenvalue weighted by Gasteiger charge is 2.12. The lowest BCUT2D eigenvalue weighted by molar-refractivity contribution is 0.192. The normalized spacial score (nSPS) is 10.4. The molecule has 0 saturated heterocycles. The largest absolute Gasteiger partial charge is 0.493 e. The first-order chi connectivity index (χ1) is 9.76. The van der Waals surface area contributed by atoms with Crippen molar-refractivity contribution >= 4 is 0 Å². The predicted molar refractivity (Wildman–Crippen MR) is 78.9 cm³/mol.